The van der Waals surface area contributed by atoms with E-state index in [4.69, 9.17) is 4.74 Å². The summed E-state index contributed by atoms with van der Waals surface area (Å²) in [6.45, 7) is 2.46. The van der Waals surface area contributed by atoms with Gasteiger partial charge in [-0.15, -0.1) is 0 Å². The molecule has 0 aliphatic carbocycles. The smallest absolute Gasteiger partial charge is 0.0991 e. The number of piperidine rings is 1. The zero-order valence-corrected chi connectivity index (χ0v) is 12.7. The van der Waals surface area contributed by atoms with E-state index >= 15 is 0 Å². The SMILES string of the molecule is O[C@@H]1[C@@H](CCOCc2ccccc2)CCN2C[C@@H](O)[C@@H](O)[C@@H]12. The van der Waals surface area contributed by atoms with Crippen molar-refractivity contribution in [3.63, 3.8) is 0 Å². The third-order valence-corrected chi connectivity index (χ3v) is 4.95. The van der Waals surface area contributed by atoms with Gasteiger partial charge in [-0.3, -0.25) is 4.90 Å². The number of nitrogens with zero attached hydrogens (tertiary/aromatic N) is 1. The van der Waals surface area contributed by atoms with Crippen LogP contribution >= 0.6 is 0 Å². The second-order valence-electron chi connectivity index (χ2n) is 6.41. The van der Waals surface area contributed by atoms with Gasteiger partial charge < -0.3 is 20.1 Å². The molecule has 2 heterocycles. The molecule has 0 spiro atoms. The molecule has 5 nitrogen and oxygen atoms in total. The molecule has 1 aromatic rings. The monoisotopic (exact) mass is 307 g/mol. The summed E-state index contributed by atoms with van der Waals surface area (Å²) in [5, 5.41) is 30.2. The topological polar surface area (TPSA) is 73.2 Å². The lowest BCUT2D eigenvalue weighted by molar-refractivity contribution is -0.0635. The zero-order chi connectivity index (χ0) is 15.5. The molecule has 5 atom stereocenters. The van der Waals surface area contributed by atoms with E-state index in [0.717, 1.165) is 24.9 Å². The fourth-order valence-corrected chi connectivity index (χ4v) is 3.67. The summed E-state index contributed by atoms with van der Waals surface area (Å²) in [6.07, 6.45) is -0.524. The molecular weight excluding hydrogens is 282 g/mol. The van der Waals surface area contributed by atoms with Crippen molar-refractivity contribution in [1.82, 2.24) is 4.90 Å². The molecule has 3 rings (SSSR count). The van der Waals surface area contributed by atoms with Crippen molar-refractivity contribution in [2.45, 2.75) is 43.8 Å². The first kappa shape index (κ1) is 15.9. The summed E-state index contributed by atoms with van der Waals surface area (Å²) in [6, 6.07) is 9.70. The molecule has 0 radical (unpaired) electrons. The third-order valence-electron chi connectivity index (χ3n) is 4.95. The fourth-order valence-electron chi connectivity index (χ4n) is 3.67. The molecule has 2 saturated heterocycles. The minimum absolute atomic E-state index is 0.122. The second-order valence-corrected chi connectivity index (χ2v) is 6.41. The van der Waals surface area contributed by atoms with E-state index in [0.29, 0.717) is 19.8 Å². The van der Waals surface area contributed by atoms with Crippen molar-refractivity contribution in [2.24, 2.45) is 5.92 Å². The maximum Gasteiger partial charge on any atom is 0.0991 e. The molecule has 1 aromatic carbocycles. The van der Waals surface area contributed by atoms with E-state index in [1.54, 1.807) is 0 Å². The van der Waals surface area contributed by atoms with Gasteiger partial charge in [-0.25, -0.2) is 0 Å². The van der Waals surface area contributed by atoms with Gasteiger partial charge in [-0.1, -0.05) is 30.3 Å². The van der Waals surface area contributed by atoms with Crippen LogP contribution in [0.5, 0.6) is 0 Å². The van der Waals surface area contributed by atoms with Crippen molar-refractivity contribution < 1.29 is 20.1 Å². The van der Waals surface area contributed by atoms with E-state index in [-0.39, 0.29) is 12.0 Å². The van der Waals surface area contributed by atoms with Crippen molar-refractivity contribution in [2.75, 3.05) is 19.7 Å². The Labute approximate surface area is 131 Å². The molecule has 3 N–H and O–H groups in total. The maximum absolute atomic E-state index is 10.5. The highest BCUT2D eigenvalue weighted by Crippen LogP contribution is 2.33. The molecule has 2 aliphatic rings. The highest BCUT2D eigenvalue weighted by atomic mass is 16.5. The number of aliphatic hydroxyl groups is 3. The van der Waals surface area contributed by atoms with E-state index < -0.39 is 18.3 Å². The normalized spacial score (nSPS) is 35.5. The molecule has 0 unspecified atom stereocenters. The molecule has 0 bridgehead atoms. The Morgan fingerprint density at radius 3 is 2.64 bits per heavy atom. The van der Waals surface area contributed by atoms with Crippen LogP contribution in [-0.2, 0) is 11.3 Å². The number of ether oxygens (including phenoxy) is 1. The van der Waals surface area contributed by atoms with Crippen molar-refractivity contribution >= 4 is 0 Å². The second kappa shape index (κ2) is 7.06. The minimum atomic E-state index is -0.844. The zero-order valence-electron chi connectivity index (χ0n) is 12.7. The summed E-state index contributed by atoms with van der Waals surface area (Å²) >= 11 is 0. The van der Waals surface area contributed by atoms with Crippen LogP contribution in [0.3, 0.4) is 0 Å². The van der Waals surface area contributed by atoms with Gasteiger partial charge in [0.05, 0.1) is 31.0 Å². The first-order valence-electron chi connectivity index (χ1n) is 8.06. The maximum atomic E-state index is 10.5. The van der Waals surface area contributed by atoms with E-state index in [9.17, 15) is 15.3 Å². The average molecular weight is 307 g/mol. The Hall–Kier alpha value is -0.980. The van der Waals surface area contributed by atoms with Crippen LogP contribution in [0.4, 0.5) is 0 Å². The molecule has 0 saturated carbocycles. The van der Waals surface area contributed by atoms with Crippen LogP contribution in [0.1, 0.15) is 18.4 Å². The summed E-state index contributed by atoms with van der Waals surface area (Å²) in [4.78, 5) is 2.00. The molecular formula is C17H25NO4. The van der Waals surface area contributed by atoms with Gasteiger partial charge in [-0.2, -0.15) is 0 Å². The van der Waals surface area contributed by atoms with E-state index in [1.165, 1.54) is 0 Å². The van der Waals surface area contributed by atoms with Gasteiger partial charge in [0.2, 0.25) is 0 Å². The van der Waals surface area contributed by atoms with Gasteiger partial charge >= 0.3 is 0 Å². The summed E-state index contributed by atoms with van der Waals surface area (Å²) in [5.41, 5.74) is 1.15. The number of benzene rings is 1. The van der Waals surface area contributed by atoms with Gasteiger partial charge in [0, 0.05) is 13.2 Å². The molecule has 5 heteroatoms. The molecule has 122 valence electrons. The summed E-state index contributed by atoms with van der Waals surface area (Å²) in [7, 11) is 0. The van der Waals surface area contributed by atoms with Gasteiger partial charge in [-0.05, 0) is 30.9 Å². The van der Waals surface area contributed by atoms with Gasteiger partial charge in [0.15, 0.2) is 0 Å². The van der Waals surface area contributed by atoms with Crippen LogP contribution in [0, 0.1) is 5.92 Å². The van der Waals surface area contributed by atoms with Crippen LogP contribution in [0.2, 0.25) is 0 Å². The molecule has 2 fully saturated rings. The standard InChI is InChI=1S/C17H25NO4/c19-14-10-18-8-6-13(16(20)15(18)17(14)21)7-9-22-11-12-4-2-1-3-5-12/h1-5,13-17,19-21H,6-11H2/t13-,14-,15-,16-,17-/m1/s1. The van der Waals surface area contributed by atoms with Crippen LogP contribution in [-0.4, -0.2) is 64.3 Å². The number of hydrogen-bond donors (Lipinski definition) is 3. The average Bonchev–Trinajstić information content (AvgIpc) is 2.82. The fraction of sp³-hybridized carbons (Fsp3) is 0.647. The number of fused-ring (bicyclic) bond motifs is 1. The van der Waals surface area contributed by atoms with E-state index in [2.05, 4.69) is 0 Å². The Morgan fingerprint density at radius 1 is 1.09 bits per heavy atom. The third kappa shape index (κ3) is 3.34. The highest BCUT2D eigenvalue weighted by molar-refractivity contribution is 5.13. The first-order valence-corrected chi connectivity index (χ1v) is 8.06. The van der Waals surface area contributed by atoms with Crippen molar-refractivity contribution in [1.29, 1.82) is 0 Å². The van der Waals surface area contributed by atoms with E-state index in [1.807, 2.05) is 35.2 Å². The quantitative estimate of drug-likeness (QED) is 0.686. The molecule has 22 heavy (non-hydrogen) atoms. The van der Waals surface area contributed by atoms with Crippen molar-refractivity contribution in [3.05, 3.63) is 35.9 Å². The lowest BCUT2D eigenvalue weighted by atomic mass is 9.85. The molecule has 2 aliphatic heterocycles. The molecule has 0 amide bonds. The lowest BCUT2D eigenvalue weighted by Crippen LogP contribution is -2.53. The highest BCUT2D eigenvalue weighted by Gasteiger charge is 2.48. The Morgan fingerprint density at radius 2 is 1.86 bits per heavy atom. The number of hydrogen-bond acceptors (Lipinski definition) is 5. The predicted molar refractivity (Wildman–Crippen MR) is 82.2 cm³/mol. The number of rotatable bonds is 5. The first-order chi connectivity index (χ1) is 10.7. The van der Waals surface area contributed by atoms with Crippen LogP contribution in [0.25, 0.3) is 0 Å². The van der Waals surface area contributed by atoms with Gasteiger partial charge in [0.25, 0.3) is 0 Å². The van der Waals surface area contributed by atoms with Crippen LogP contribution < -0.4 is 0 Å². The predicted octanol–water partition coefficient (Wildman–Crippen LogP) is 0.380. The molecule has 0 aromatic heterocycles. The minimum Gasteiger partial charge on any atom is -0.391 e. The summed E-state index contributed by atoms with van der Waals surface area (Å²) < 4.78 is 5.69. The van der Waals surface area contributed by atoms with Crippen molar-refractivity contribution in [3.8, 4) is 0 Å². The lowest BCUT2D eigenvalue weighted by Gasteiger charge is -2.40. The Balaban J connectivity index is 1.45. The summed E-state index contributed by atoms with van der Waals surface area (Å²) in [5.74, 6) is 0.122. The van der Waals surface area contributed by atoms with Gasteiger partial charge in [0.1, 0.15) is 0 Å². The Bertz CT molecular complexity index is 469. The largest absolute Gasteiger partial charge is 0.391 e. The number of aliphatic hydroxyl groups excluding tert-OH is 3. The Kier molecular flexibility index (Phi) is 5.10. The van der Waals surface area contributed by atoms with Crippen LogP contribution in [0.15, 0.2) is 30.3 Å².